The van der Waals surface area contributed by atoms with Crippen molar-refractivity contribution in [1.82, 2.24) is 5.43 Å². The predicted octanol–water partition coefficient (Wildman–Crippen LogP) is 3.07. The maximum absolute atomic E-state index is 5.69. The summed E-state index contributed by atoms with van der Waals surface area (Å²) >= 11 is 3.58. The number of methoxy groups -OCH3 is 1. The van der Waals surface area contributed by atoms with E-state index >= 15 is 0 Å². The molecule has 20 heavy (non-hydrogen) atoms. The van der Waals surface area contributed by atoms with Gasteiger partial charge in [0, 0.05) is 10.5 Å². The van der Waals surface area contributed by atoms with Gasteiger partial charge in [-0.1, -0.05) is 46.3 Å². The largest absolute Gasteiger partial charge is 0.497 e. The number of hydrogen-bond acceptors (Lipinski definition) is 3. The average Bonchev–Trinajstić information content (AvgIpc) is 2.49. The van der Waals surface area contributed by atoms with Crippen molar-refractivity contribution in [3.63, 3.8) is 0 Å². The van der Waals surface area contributed by atoms with Gasteiger partial charge in [-0.2, -0.15) is 0 Å². The second kappa shape index (κ2) is 7.43. The van der Waals surface area contributed by atoms with Crippen LogP contribution >= 0.6 is 15.9 Å². The Bertz CT molecular complexity index is 545. The van der Waals surface area contributed by atoms with Crippen molar-refractivity contribution in [2.24, 2.45) is 5.84 Å². The molecule has 0 amide bonds. The maximum atomic E-state index is 5.69. The van der Waals surface area contributed by atoms with Gasteiger partial charge in [0.05, 0.1) is 7.11 Å². The Kier molecular flexibility index (Phi) is 5.59. The summed E-state index contributed by atoms with van der Waals surface area (Å²) in [6, 6.07) is 16.5. The van der Waals surface area contributed by atoms with Gasteiger partial charge in [0.1, 0.15) is 5.75 Å². The van der Waals surface area contributed by atoms with Crippen molar-refractivity contribution in [3.05, 3.63) is 64.1 Å². The molecule has 1 atom stereocenters. The smallest absolute Gasteiger partial charge is 0.119 e. The zero-order valence-electron chi connectivity index (χ0n) is 11.5. The fraction of sp³-hybridized carbons (Fsp3) is 0.250. The fourth-order valence-electron chi connectivity index (χ4n) is 2.19. The van der Waals surface area contributed by atoms with E-state index in [0.717, 1.165) is 23.1 Å². The summed E-state index contributed by atoms with van der Waals surface area (Å²) < 4.78 is 6.35. The zero-order chi connectivity index (χ0) is 14.4. The van der Waals surface area contributed by atoms with Gasteiger partial charge >= 0.3 is 0 Å². The average molecular weight is 335 g/mol. The Morgan fingerprint density at radius 2 is 1.90 bits per heavy atom. The van der Waals surface area contributed by atoms with Crippen LogP contribution in [0.25, 0.3) is 0 Å². The van der Waals surface area contributed by atoms with Crippen molar-refractivity contribution in [3.8, 4) is 5.75 Å². The Labute approximate surface area is 128 Å². The summed E-state index contributed by atoms with van der Waals surface area (Å²) in [5, 5.41) is 0. The summed E-state index contributed by atoms with van der Waals surface area (Å²) in [6.45, 7) is 0. The van der Waals surface area contributed by atoms with E-state index in [2.05, 4.69) is 33.5 Å². The van der Waals surface area contributed by atoms with Crippen LogP contribution in [0.1, 0.15) is 11.1 Å². The Balaban J connectivity index is 2.10. The number of ether oxygens (including phenoxy) is 1. The van der Waals surface area contributed by atoms with Gasteiger partial charge < -0.3 is 4.74 Å². The van der Waals surface area contributed by atoms with E-state index in [1.54, 1.807) is 7.11 Å². The molecular formula is C16H19BrN2O. The highest BCUT2D eigenvalue weighted by atomic mass is 79.9. The Hall–Kier alpha value is -1.36. The van der Waals surface area contributed by atoms with Crippen molar-refractivity contribution in [2.45, 2.75) is 18.9 Å². The number of nitrogens with two attached hydrogens (primary N) is 1. The van der Waals surface area contributed by atoms with E-state index in [9.17, 15) is 0 Å². The van der Waals surface area contributed by atoms with Crippen LogP contribution in [-0.4, -0.2) is 13.2 Å². The summed E-state index contributed by atoms with van der Waals surface area (Å²) in [5.74, 6) is 6.55. The van der Waals surface area contributed by atoms with Gasteiger partial charge in [-0.15, -0.1) is 0 Å². The van der Waals surface area contributed by atoms with Crippen molar-refractivity contribution < 1.29 is 4.74 Å². The standard InChI is InChI=1S/C16H19BrN2O/c1-20-15-7-8-16(17)13(11-15)10-14(19-18)9-12-5-3-2-4-6-12/h2-8,11,14,19H,9-10,18H2,1H3. The lowest BCUT2D eigenvalue weighted by molar-refractivity contribution is 0.413. The highest BCUT2D eigenvalue weighted by Crippen LogP contribution is 2.24. The molecule has 0 spiro atoms. The lowest BCUT2D eigenvalue weighted by Gasteiger charge is -2.17. The molecule has 0 bridgehead atoms. The van der Waals surface area contributed by atoms with E-state index in [-0.39, 0.29) is 6.04 Å². The minimum atomic E-state index is 0.181. The van der Waals surface area contributed by atoms with Crippen LogP contribution in [0.5, 0.6) is 5.75 Å². The van der Waals surface area contributed by atoms with Crippen LogP contribution in [0.15, 0.2) is 53.0 Å². The molecule has 1 unspecified atom stereocenters. The molecule has 3 nitrogen and oxygen atoms in total. The second-order valence-electron chi connectivity index (χ2n) is 4.71. The molecule has 0 aliphatic heterocycles. The zero-order valence-corrected chi connectivity index (χ0v) is 13.1. The van der Waals surface area contributed by atoms with Gasteiger partial charge in [0.25, 0.3) is 0 Å². The minimum absolute atomic E-state index is 0.181. The number of halogens is 1. The first kappa shape index (κ1) is 15.0. The van der Waals surface area contributed by atoms with Gasteiger partial charge in [-0.3, -0.25) is 11.3 Å². The lowest BCUT2D eigenvalue weighted by atomic mass is 9.99. The third-order valence-corrected chi connectivity index (χ3v) is 4.05. The van der Waals surface area contributed by atoms with Crippen LogP contribution in [-0.2, 0) is 12.8 Å². The lowest BCUT2D eigenvalue weighted by Crippen LogP contribution is -2.38. The fourth-order valence-corrected chi connectivity index (χ4v) is 2.60. The van der Waals surface area contributed by atoms with Crippen LogP contribution in [0.3, 0.4) is 0 Å². The molecular weight excluding hydrogens is 316 g/mol. The van der Waals surface area contributed by atoms with E-state index in [1.807, 2.05) is 36.4 Å². The summed E-state index contributed by atoms with van der Waals surface area (Å²) in [5.41, 5.74) is 5.36. The molecule has 0 aliphatic carbocycles. The van der Waals surface area contributed by atoms with Gasteiger partial charge in [0.15, 0.2) is 0 Å². The molecule has 0 saturated heterocycles. The predicted molar refractivity (Wildman–Crippen MR) is 85.7 cm³/mol. The Morgan fingerprint density at radius 3 is 2.55 bits per heavy atom. The molecule has 4 heteroatoms. The van der Waals surface area contributed by atoms with Crippen LogP contribution in [0.2, 0.25) is 0 Å². The minimum Gasteiger partial charge on any atom is -0.497 e. The number of benzene rings is 2. The normalized spacial score (nSPS) is 12.2. The number of nitrogens with one attached hydrogen (secondary N) is 1. The molecule has 0 radical (unpaired) electrons. The van der Waals surface area contributed by atoms with E-state index in [0.29, 0.717) is 0 Å². The van der Waals surface area contributed by atoms with Crippen LogP contribution < -0.4 is 16.0 Å². The SMILES string of the molecule is COc1ccc(Br)c(CC(Cc2ccccc2)NN)c1. The topological polar surface area (TPSA) is 47.3 Å². The van der Waals surface area contributed by atoms with Crippen molar-refractivity contribution in [2.75, 3.05) is 7.11 Å². The molecule has 106 valence electrons. The first-order chi connectivity index (χ1) is 9.72. The third kappa shape index (κ3) is 4.07. The third-order valence-electron chi connectivity index (χ3n) is 3.28. The molecule has 0 saturated carbocycles. The van der Waals surface area contributed by atoms with Gasteiger partial charge in [0.2, 0.25) is 0 Å². The molecule has 0 aliphatic rings. The van der Waals surface area contributed by atoms with Crippen molar-refractivity contribution >= 4 is 15.9 Å². The molecule has 0 fully saturated rings. The van der Waals surface area contributed by atoms with Crippen LogP contribution in [0.4, 0.5) is 0 Å². The van der Waals surface area contributed by atoms with E-state index < -0.39 is 0 Å². The molecule has 0 heterocycles. The summed E-state index contributed by atoms with van der Waals surface area (Å²) in [7, 11) is 1.68. The molecule has 2 aromatic rings. The first-order valence-corrected chi connectivity index (χ1v) is 7.34. The van der Waals surface area contributed by atoms with Crippen LogP contribution in [0, 0.1) is 0 Å². The van der Waals surface area contributed by atoms with E-state index in [4.69, 9.17) is 10.6 Å². The summed E-state index contributed by atoms with van der Waals surface area (Å²) in [4.78, 5) is 0. The number of hydrogen-bond donors (Lipinski definition) is 2. The second-order valence-corrected chi connectivity index (χ2v) is 5.57. The van der Waals surface area contributed by atoms with Crippen molar-refractivity contribution in [1.29, 1.82) is 0 Å². The summed E-state index contributed by atoms with van der Waals surface area (Å²) in [6.07, 6.45) is 1.73. The Morgan fingerprint density at radius 1 is 1.15 bits per heavy atom. The number of hydrazine groups is 1. The monoisotopic (exact) mass is 334 g/mol. The van der Waals surface area contributed by atoms with E-state index in [1.165, 1.54) is 11.1 Å². The molecule has 2 rings (SSSR count). The number of rotatable bonds is 6. The quantitative estimate of drug-likeness (QED) is 0.630. The first-order valence-electron chi connectivity index (χ1n) is 6.55. The highest BCUT2D eigenvalue weighted by Gasteiger charge is 2.11. The molecule has 0 aromatic heterocycles. The molecule has 2 aromatic carbocycles. The van der Waals surface area contributed by atoms with Gasteiger partial charge in [-0.25, -0.2) is 0 Å². The maximum Gasteiger partial charge on any atom is 0.119 e. The van der Waals surface area contributed by atoms with Gasteiger partial charge in [-0.05, 0) is 42.2 Å². The molecule has 3 N–H and O–H groups in total. The highest BCUT2D eigenvalue weighted by molar-refractivity contribution is 9.10.